The molecule has 76 valence electrons. The molecule has 1 saturated carbocycles. The molecule has 0 aromatic carbocycles. The molecule has 3 nitrogen and oxygen atoms in total. The molecule has 0 spiro atoms. The molecular weight excluding hydrogens is 196 g/mol. The van der Waals surface area contributed by atoms with Crippen molar-refractivity contribution in [3.8, 4) is 0 Å². The first-order chi connectivity index (χ1) is 6.79. The van der Waals surface area contributed by atoms with Gasteiger partial charge < -0.3 is 11.1 Å². The van der Waals surface area contributed by atoms with E-state index in [2.05, 4.69) is 5.32 Å². The average Bonchev–Trinajstić information content (AvgIpc) is 2.59. The predicted octanol–water partition coefficient (Wildman–Crippen LogP) is 1.49. The average molecular weight is 210 g/mol. The molecule has 0 aliphatic heterocycles. The lowest BCUT2D eigenvalue weighted by atomic mass is 9.93. The first-order valence-corrected chi connectivity index (χ1v) is 5.71. The number of hydrogen-bond donors (Lipinski definition) is 2. The van der Waals surface area contributed by atoms with Crippen LogP contribution < -0.4 is 11.1 Å². The second kappa shape index (κ2) is 4.11. The van der Waals surface area contributed by atoms with Gasteiger partial charge >= 0.3 is 0 Å². The van der Waals surface area contributed by atoms with E-state index in [9.17, 15) is 4.79 Å². The van der Waals surface area contributed by atoms with Crippen molar-refractivity contribution in [1.82, 2.24) is 5.32 Å². The second-order valence-electron chi connectivity index (χ2n) is 3.57. The van der Waals surface area contributed by atoms with E-state index in [1.165, 1.54) is 17.8 Å². The molecule has 3 N–H and O–H groups in total. The van der Waals surface area contributed by atoms with Crippen LogP contribution in [0.5, 0.6) is 0 Å². The molecule has 1 amide bonds. The van der Waals surface area contributed by atoms with Crippen molar-refractivity contribution < 1.29 is 4.79 Å². The molecule has 1 aliphatic rings. The Morgan fingerprint density at radius 3 is 2.86 bits per heavy atom. The summed E-state index contributed by atoms with van der Waals surface area (Å²) >= 11 is 1.48. The van der Waals surface area contributed by atoms with Gasteiger partial charge in [-0.3, -0.25) is 4.79 Å². The number of carbonyl (C=O) groups is 1. The molecule has 0 unspecified atom stereocenters. The van der Waals surface area contributed by atoms with Gasteiger partial charge in [0.15, 0.2) is 0 Å². The molecule has 14 heavy (non-hydrogen) atoms. The Kier molecular flexibility index (Phi) is 2.84. The summed E-state index contributed by atoms with van der Waals surface area (Å²) in [4.78, 5) is 13.5. The smallest absolute Gasteiger partial charge is 0.261 e. The van der Waals surface area contributed by atoms with Crippen LogP contribution in [0.1, 0.15) is 33.8 Å². The molecule has 1 heterocycles. The van der Waals surface area contributed by atoms with E-state index in [0.717, 1.165) is 22.6 Å². The molecule has 4 heteroatoms. The summed E-state index contributed by atoms with van der Waals surface area (Å²) in [6.45, 7) is 0.515. The number of nitrogens with one attached hydrogen (secondary N) is 1. The summed E-state index contributed by atoms with van der Waals surface area (Å²) in [6, 6.07) is 4.17. The van der Waals surface area contributed by atoms with Gasteiger partial charge in [0, 0.05) is 17.5 Å². The van der Waals surface area contributed by atoms with Crippen LogP contribution in [0, 0.1) is 0 Å². The maximum atomic E-state index is 11.6. The first-order valence-electron chi connectivity index (χ1n) is 4.89. The molecule has 1 fully saturated rings. The molecule has 0 saturated heterocycles. The standard InChI is InChI=1S/C10H14N2OS/c11-6-8-4-5-9(14-8)10(13)12-7-2-1-3-7/h4-5,7H,1-3,6,11H2,(H,12,13). The van der Waals surface area contributed by atoms with Crippen LogP contribution in [0.2, 0.25) is 0 Å². The zero-order valence-electron chi connectivity index (χ0n) is 7.95. The Balaban J connectivity index is 1.95. The summed E-state index contributed by atoms with van der Waals surface area (Å²) in [7, 11) is 0. The Morgan fingerprint density at radius 1 is 1.57 bits per heavy atom. The summed E-state index contributed by atoms with van der Waals surface area (Å²) in [5.74, 6) is 0.0550. The van der Waals surface area contributed by atoms with Gasteiger partial charge in [0.25, 0.3) is 5.91 Å². The van der Waals surface area contributed by atoms with E-state index in [0.29, 0.717) is 12.6 Å². The largest absolute Gasteiger partial charge is 0.349 e. The minimum absolute atomic E-state index is 0.0550. The van der Waals surface area contributed by atoms with Gasteiger partial charge in [-0.2, -0.15) is 0 Å². The molecule has 1 aromatic heterocycles. The lowest BCUT2D eigenvalue weighted by molar-refractivity contribution is 0.0921. The van der Waals surface area contributed by atoms with Crippen LogP contribution in [0.15, 0.2) is 12.1 Å². The predicted molar refractivity (Wildman–Crippen MR) is 57.3 cm³/mol. The molecule has 1 aliphatic carbocycles. The van der Waals surface area contributed by atoms with Crippen LogP contribution >= 0.6 is 11.3 Å². The number of rotatable bonds is 3. The quantitative estimate of drug-likeness (QED) is 0.794. The van der Waals surface area contributed by atoms with Gasteiger partial charge in [0.1, 0.15) is 0 Å². The van der Waals surface area contributed by atoms with Crippen molar-refractivity contribution in [1.29, 1.82) is 0 Å². The second-order valence-corrected chi connectivity index (χ2v) is 4.74. The fraction of sp³-hybridized carbons (Fsp3) is 0.500. The lowest BCUT2D eigenvalue weighted by Crippen LogP contribution is -2.39. The fourth-order valence-electron chi connectivity index (χ4n) is 1.42. The highest BCUT2D eigenvalue weighted by molar-refractivity contribution is 7.14. The highest BCUT2D eigenvalue weighted by Gasteiger charge is 2.20. The molecule has 0 radical (unpaired) electrons. The summed E-state index contributed by atoms with van der Waals surface area (Å²) in [6.07, 6.45) is 3.49. The van der Waals surface area contributed by atoms with Crippen LogP contribution in [0.4, 0.5) is 0 Å². The number of hydrogen-bond acceptors (Lipinski definition) is 3. The Labute approximate surface area is 87.3 Å². The normalized spacial score (nSPS) is 16.4. The van der Waals surface area contributed by atoms with E-state index in [1.54, 1.807) is 0 Å². The molecule has 0 atom stereocenters. The van der Waals surface area contributed by atoms with E-state index in [-0.39, 0.29) is 5.91 Å². The maximum Gasteiger partial charge on any atom is 0.261 e. The van der Waals surface area contributed by atoms with Gasteiger partial charge in [-0.25, -0.2) is 0 Å². The molecular formula is C10H14N2OS. The summed E-state index contributed by atoms with van der Waals surface area (Å²) in [5, 5.41) is 3.00. The minimum Gasteiger partial charge on any atom is -0.349 e. The van der Waals surface area contributed by atoms with Crippen LogP contribution in [0.25, 0.3) is 0 Å². The topological polar surface area (TPSA) is 55.1 Å². The van der Waals surface area contributed by atoms with Crippen molar-refractivity contribution in [2.75, 3.05) is 0 Å². The molecule has 1 aromatic rings. The van der Waals surface area contributed by atoms with Gasteiger partial charge in [-0.1, -0.05) is 0 Å². The third kappa shape index (κ3) is 1.96. The maximum absolute atomic E-state index is 11.6. The van der Waals surface area contributed by atoms with Crippen molar-refractivity contribution in [2.24, 2.45) is 5.73 Å². The van der Waals surface area contributed by atoms with Crippen LogP contribution in [-0.4, -0.2) is 11.9 Å². The van der Waals surface area contributed by atoms with Crippen LogP contribution in [-0.2, 0) is 6.54 Å². The first kappa shape index (κ1) is 9.68. The van der Waals surface area contributed by atoms with E-state index in [1.807, 2.05) is 12.1 Å². The molecule has 2 rings (SSSR count). The summed E-state index contributed by atoms with van der Waals surface area (Å²) < 4.78 is 0. The van der Waals surface area contributed by atoms with Crippen LogP contribution in [0.3, 0.4) is 0 Å². The van der Waals surface area contributed by atoms with Crippen molar-refractivity contribution in [3.63, 3.8) is 0 Å². The van der Waals surface area contributed by atoms with Gasteiger partial charge in [0.2, 0.25) is 0 Å². The molecule has 0 bridgehead atoms. The van der Waals surface area contributed by atoms with Crippen molar-refractivity contribution in [3.05, 3.63) is 21.9 Å². The van der Waals surface area contributed by atoms with E-state index in [4.69, 9.17) is 5.73 Å². The Morgan fingerprint density at radius 2 is 2.36 bits per heavy atom. The number of amides is 1. The third-order valence-electron chi connectivity index (χ3n) is 2.53. The number of carbonyl (C=O) groups excluding carboxylic acids is 1. The number of thiophene rings is 1. The highest BCUT2D eigenvalue weighted by atomic mass is 32.1. The van der Waals surface area contributed by atoms with E-state index >= 15 is 0 Å². The third-order valence-corrected chi connectivity index (χ3v) is 3.63. The van der Waals surface area contributed by atoms with Gasteiger partial charge in [-0.05, 0) is 31.4 Å². The van der Waals surface area contributed by atoms with Crippen molar-refractivity contribution in [2.45, 2.75) is 31.8 Å². The van der Waals surface area contributed by atoms with Gasteiger partial charge in [0.05, 0.1) is 4.88 Å². The van der Waals surface area contributed by atoms with Crippen molar-refractivity contribution >= 4 is 17.2 Å². The highest BCUT2D eigenvalue weighted by Crippen LogP contribution is 2.20. The fourth-order valence-corrected chi connectivity index (χ4v) is 2.21. The zero-order valence-corrected chi connectivity index (χ0v) is 8.77. The number of nitrogens with two attached hydrogens (primary N) is 1. The minimum atomic E-state index is 0.0550. The monoisotopic (exact) mass is 210 g/mol. The van der Waals surface area contributed by atoms with Gasteiger partial charge in [-0.15, -0.1) is 11.3 Å². The Bertz CT molecular complexity index is 331. The SMILES string of the molecule is NCc1ccc(C(=O)NC2CCC2)s1. The zero-order chi connectivity index (χ0) is 9.97. The van der Waals surface area contributed by atoms with E-state index < -0.39 is 0 Å². The lowest BCUT2D eigenvalue weighted by Gasteiger charge is -2.25. The Hall–Kier alpha value is -0.870. The summed E-state index contributed by atoms with van der Waals surface area (Å²) in [5.41, 5.74) is 5.48.